The average Bonchev–Trinajstić information content (AvgIpc) is 2.95. The lowest BCUT2D eigenvalue weighted by atomic mass is 10.0. The van der Waals surface area contributed by atoms with Gasteiger partial charge in [-0.05, 0) is 31.2 Å². The van der Waals surface area contributed by atoms with Crippen molar-refractivity contribution in [2.45, 2.75) is 19.1 Å². The van der Waals surface area contributed by atoms with Crippen molar-refractivity contribution in [2.24, 2.45) is 4.99 Å². The molecule has 0 spiro atoms. The molecule has 0 saturated heterocycles. The van der Waals surface area contributed by atoms with Crippen LogP contribution in [0.5, 0.6) is 5.75 Å². The number of benzene rings is 3. The van der Waals surface area contributed by atoms with Gasteiger partial charge in [-0.3, -0.25) is 9.59 Å². The molecule has 8 nitrogen and oxygen atoms in total. The number of carbonyl (C=O) groups excluding carboxylic acids is 3. The molecule has 4 rings (SSSR count). The highest BCUT2D eigenvalue weighted by Gasteiger charge is 2.32. The van der Waals surface area contributed by atoms with Gasteiger partial charge in [-0.25, -0.2) is 9.79 Å². The Labute approximate surface area is 207 Å². The third kappa shape index (κ3) is 5.50. The number of para-hydroxylation sites is 1. The lowest BCUT2D eigenvalue weighted by Crippen LogP contribution is -2.52. The van der Waals surface area contributed by atoms with Crippen LogP contribution in [0.2, 0.25) is 5.02 Å². The monoisotopic (exact) mass is 490 g/mol. The molecule has 1 heterocycles. The number of carbonyl (C=O) groups is 3. The van der Waals surface area contributed by atoms with Crippen molar-refractivity contribution >= 4 is 40.9 Å². The number of nitrogens with one attached hydrogen (secondary N) is 2. The molecule has 3 aromatic carbocycles. The molecule has 178 valence electrons. The van der Waals surface area contributed by atoms with Gasteiger partial charge < -0.3 is 20.3 Å². The van der Waals surface area contributed by atoms with Gasteiger partial charge in [0.1, 0.15) is 11.8 Å². The van der Waals surface area contributed by atoms with Crippen molar-refractivity contribution in [1.29, 1.82) is 0 Å². The number of fused-ring (bicyclic) bond motifs is 1. The van der Waals surface area contributed by atoms with Crippen molar-refractivity contribution in [2.75, 3.05) is 11.9 Å². The minimum atomic E-state index is -1.19. The van der Waals surface area contributed by atoms with Gasteiger partial charge in [-0.1, -0.05) is 66.2 Å². The summed E-state index contributed by atoms with van der Waals surface area (Å²) in [6, 6.07) is 22.1. The largest absolute Gasteiger partial charge is 0.413 e. The highest BCUT2D eigenvalue weighted by molar-refractivity contribution is 6.30. The second kappa shape index (κ2) is 10.4. The number of rotatable bonds is 5. The van der Waals surface area contributed by atoms with E-state index in [0.717, 1.165) is 11.1 Å². The molecule has 35 heavy (non-hydrogen) atoms. The van der Waals surface area contributed by atoms with Crippen LogP contribution in [0.1, 0.15) is 18.1 Å². The number of benzodiazepines with no additional fused rings is 1. The second-order valence-electron chi connectivity index (χ2n) is 7.88. The van der Waals surface area contributed by atoms with Crippen LogP contribution in [-0.2, 0) is 9.59 Å². The first-order valence-electron chi connectivity index (χ1n) is 10.9. The molecular weight excluding hydrogens is 468 g/mol. The van der Waals surface area contributed by atoms with Crippen LogP contribution in [0.15, 0.2) is 83.9 Å². The molecular formula is C26H23ClN4O4. The summed E-state index contributed by atoms with van der Waals surface area (Å²) in [7, 11) is 1.63. The fourth-order valence-electron chi connectivity index (χ4n) is 3.61. The lowest BCUT2D eigenvalue weighted by Gasteiger charge is -2.22. The van der Waals surface area contributed by atoms with Gasteiger partial charge in [-0.2, -0.15) is 0 Å². The highest BCUT2D eigenvalue weighted by Crippen LogP contribution is 2.27. The van der Waals surface area contributed by atoms with E-state index >= 15 is 0 Å². The molecule has 0 fully saturated rings. The van der Waals surface area contributed by atoms with Gasteiger partial charge >= 0.3 is 6.09 Å². The quantitative estimate of drug-likeness (QED) is 0.568. The number of aliphatic imine (C=N–C) groups is 1. The summed E-state index contributed by atoms with van der Waals surface area (Å²) in [4.78, 5) is 44.4. The van der Waals surface area contributed by atoms with Gasteiger partial charge in [0.05, 0.1) is 11.4 Å². The van der Waals surface area contributed by atoms with E-state index in [1.807, 2.05) is 54.6 Å². The average molecular weight is 491 g/mol. The summed E-state index contributed by atoms with van der Waals surface area (Å²) in [5, 5.41) is 5.50. The van der Waals surface area contributed by atoms with Crippen LogP contribution in [0.4, 0.5) is 10.5 Å². The maximum Gasteiger partial charge on any atom is 0.413 e. The molecule has 2 N–H and O–H groups in total. The highest BCUT2D eigenvalue weighted by atomic mass is 35.5. The molecule has 0 radical (unpaired) electrons. The van der Waals surface area contributed by atoms with E-state index < -0.39 is 30.1 Å². The molecule has 1 aliphatic rings. The standard InChI is InChI=1S/C26H23ClN4O4/c1-16(28-26(34)35-19-12-8-11-18(27)15-19)24(32)30-23-25(33)31(2)21-14-7-6-13-20(21)22(29-23)17-9-4-3-5-10-17/h3-16,23H,1-2H3,(H,28,34)(H,30,32)/t16-,23+/m0/s1. The number of likely N-dealkylation sites (N-methyl/N-ethyl adjacent to an activating group) is 1. The van der Waals surface area contributed by atoms with E-state index in [2.05, 4.69) is 15.6 Å². The van der Waals surface area contributed by atoms with Crippen LogP contribution in [0, 0.1) is 0 Å². The van der Waals surface area contributed by atoms with E-state index in [1.54, 1.807) is 25.2 Å². The minimum absolute atomic E-state index is 0.234. The summed E-state index contributed by atoms with van der Waals surface area (Å²) >= 11 is 5.90. The van der Waals surface area contributed by atoms with Crippen molar-refractivity contribution < 1.29 is 19.1 Å². The normalized spacial score (nSPS) is 15.9. The molecule has 0 bridgehead atoms. The molecule has 0 saturated carbocycles. The zero-order valence-corrected chi connectivity index (χ0v) is 19.8. The topological polar surface area (TPSA) is 100 Å². The van der Waals surface area contributed by atoms with Crippen LogP contribution in [0.25, 0.3) is 0 Å². The third-order valence-corrected chi connectivity index (χ3v) is 5.64. The molecule has 0 aliphatic carbocycles. The smallest absolute Gasteiger partial charge is 0.410 e. The summed E-state index contributed by atoms with van der Waals surface area (Å²) in [6.07, 6.45) is -2.02. The van der Waals surface area contributed by atoms with E-state index in [4.69, 9.17) is 16.3 Å². The molecule has 1 aliphatic heterocycles. The zero-order valence-electron chi connectivity index (χ0n) is 19.1. The Balaban J connectivity index is 1.54. The summed E-state index contributed by atoms with van der Waals surface area (Å²) < 4.78 is 5.16. The van der Waals surface area contributed by atoms with Crippen LogP contribution in [0.3, 0.4) is 0 Å². The van der Waals surface area contributed by atoms with Crippen LogP contribution < -0.4 is 20.3 Å². The number of ether oxygens (including phenoxy) is 1. The summed E-state index contributed by atoms with van der Waals surface area (Å²) in [5.74, 6) is -0.773. The second-order valence-corrected chi connectivity index (χ2v) is 8.32. The Morgan fingerprint density at radius 2 is 1.74 bits per heavy atom. The molecule has 0 aromatic heterocycles. The Kier molecular flexibility index (Phi) is 7.12. The molecule has 0 unspecified atom stereocenters. The number of hydrogen-bond acceptors (Lipinski definition) is 5. The first-order valence-corrected chi connectivity index (χ1v) is 11.3. The first-order chi connectivity index (χ1) is 16.8. The van der Waals surface area contributed by atoms with E-state index in [0.29, 0.717) is 16.4 Å². The van der Waals surface area contributed by atoms with E-state index in [9.17, 15) is 14.4 Å². The minimum Gasteiger partial charge on any atom is -0.410 e. The lowest BCUT2D eigenvalue weighted by molar-refractivity contribution is -0.128. The number of halogens is 1. The summed E-state index contributed by atoms with van der Waals surface area (Å²) in [6.45, 7) is 1.48. The molecule has 9 heteroatoms. The number of hydrogen-bond donors (Lipinski definition) is 2. The number of anilines is 1. The predicted octanol–water partition coefficient (Wildman–Crippen LogP) is 3.77. The number of nitrogens with zero attached hydrogens (tertiary/aromatic N) is 2. The van der Waals surface area contributed by atoms with Gasteiger partial charge in [0.15, 0.2) is 0 Å². The molecule has 3 aromatic rings. The molecule has 3 amide bonds. The Morgan fingerprint density at radius 1 is 1.03 bits per heavy atom. The van der Waals surface area contributed by atoms with E-state index in [1.165, 1.54) is 17.9 Å². The SMILES string of the molecule is C[C@H](NC(=O)Oc1cccc(Cl)c1)C(=O)N[C@H]1N=C(c2ccccc2)c2ccccc2N(C)C1=O. The first kappa shape index (κ1) is 24.0. The number of amides is 3. The maximum atomic E-state index is 13.2. The Morgan fingerprint density at radius 3 is 2.49 bits per heavy atom. The fourth-order valence-corrected chi connectivity index (χ4v) is 3.79. The Bertz CT molecular complexity index is 1300. The van der Waals surface area contributed by atoms with Crippen molar-refractivity contribution in [3.63, 3.8) is 0 Å². The van der Waals surface area contributed by atoms with Crippen molar-refractivity contribution in [1.82, 2.24) is 10.6 Å². The van der Waals surface area contributed by atoms with Gasteiger partial charge in [-0.15, -0.1) is 0 Å². The van der Waals surface area contributed by atoms with Crippen molar-refractivity contribution in [3.05, 3.63) is 95.0 Å². The predicted molar refractivity (Wildman–Crippen MR) is 134 cm³/mol. The van der Waals surface area contributed by atoms with Crippen molar-refractivity contribution in [3.8, 4) is 5.75 Å². The Hall–Kier alpha value is -4.17. The van der Waals surface area contributed by atoms with Gasteiger partial charge in [0, 0.05) is 23.2 Å². The van der Waals surface area contributed by atoms with Gasteiger partial charge in [0.25, 0.3) is 5.91 Å². The van der Waals surface area contributed by atoms with Crippen LogP contribution in [-0.4, -0.2) is 42.9 Å². The zero-order chi connectivity index (χ0) is 24.9. The van der Waals surface area contributed by atoms with Gasteiger partial charge in [0.2, 0.25) is 12.1 Å². The summed E-state index contributed by atoms with van der Waals surface area (Å²) in [5.41, 5.74) is 2.82. The fraction of sp³-hybridized carbons (Fsp3) is 0.154. The van der Waals surface area contributed by atoms with Crippen LogP contribution >= 0.6 is 11.6 Å². The van der Waals surface area contributed by atoms with E-state index in [-0.39, 0.29) is 5.75 Å². The third-order valence-electron chi connectivity index (χ3n) is 5.40. The molecule has 2 atom stereocenters. The maximum absolute atomic E-state index is 13.2.